The molecule has 0 saturated heterocycles. The fourth-order valence-corrected chi connectivity index (χ4v) is 4.07. The lowest BCUT2D eigenvalue weighted by Gasteiger charge is -2.32. The second-order valence-corrected chi connectivity index (χ2v) is 6.66. The average Bonchev–Trinajstić information content (AvgIpc) is 2.48. The van der Waals surface area contributed by atoms with E-state index in [1.54, 1.807) is 24.3 Å². The minimum absolute atomic E-state index is 0.0844. The van der Waals surface area contributed by atoms with Gasteiger partial charge in [-0.2, -0.15) is 0 Å². The molecule has 3 unspecified atom stereocenters. The largest absolute Gasteiger partial charge is 0.478 e. The summed E-state index contributed by atoms with van der Waals surface area (Å²) in [4.78, 5) is 11.2. The number of aromatic carboxylic acids is 1. The molecule has 0 amide bonds. The van der Waals surface area contributed by atoms with Gasteiger partial charge in [0.15, 0.2) is 0 Å². The standard InChI is InChI=1S/C18H15Cl2FO2/c1-9-12(17-13(19)3-2-4-15(17)21)6-5-10-7-11(18(22)23)8-14(20)16(9)10/h2-3,5-9,12,15H,4H2,1H3,(H,22,23). The Balaban J connectivity index is 2.08. The quantitative estimate of drug-likeness (QED) is 0.754. The number of rotatable bonds is 2. The van der Waals surface area contributed by atoms with E-state index in [1.807, 2.05) is 13.0 Å². The van der Waals surface area contributed by atoms with Crippen molar-refractivity contribution >= 4 is 35.2 Å². The average molecular weight is 353 g/mol. The number of halogens is 3. The van der Waals surface area contributed by atoms with Crippen LogP contribution in [0.1, 0.15) is 40.7 Å². The first kappa shape index (κ1) is 16.3. The van der Waals surface area contributed by atoms with Crippen LogP contribution in [0.3, 0.4) is 0 Å². The number of carboxylic acids is 1. The molecular formula is C18H15Cl2FO2. The molecule has 0 aliphatic heterocycles. The lowest BCUT2D eigenvalue weighted by atomic mass is 9.74. The molecule has 1 N–H and O–H groups in total. The Morgan fingerprint density at radius 3 is 2.70 bits per heavy atom. The summed E-state index contributed by atoms with van der Waals surface area (Å²) < 4.78 is 14.4. The van der Waals surface area contributed by atoms with Gasteiger partial charge < -0.3 is 5.11 Å². The Labute approximate surface area is 143 Å². The van der Waals surface area contributed by atoms with Gasteiger partial charge in [0.2, 0.25) is 0 Å². The monoisotopic (exact) mass is 352 g/mol. The number of carbonyl (C=O) groups is 1. The molecule has 0 bridgehead atoms. The first-order valence-electron chi connectivity index (χ1n) is 7.35. The maximum absolute atomic E-state index is 14.4. The summed E-state index contributed by atoms with van der Waals surface area (Å²) in [6, 6.07) is 3.04. The van der Waals surface area contributed by atoms with E-state index in [-0.39, 0.29) is 17.4 Å². The molecule has 5 heteroatoms. The molecule has 1 aromatic rings. The van der Waals surface area contributed by atoms with Crippen LogP contribution in [0.4, 0.5) is 4.39 Å². The first-order valence-corrected chi connectivity index (χ1v) is 8.11. The van der Waals surface area contributed by atoms with Crippen molar-refractivity contribution in [3.05, 3.63) is 62.7 Å². The smallest absolute Gasteiger partial charge is 0.335 e. The van der Waals surface area contributed by atoms with Gasteiger partial charge in [0.1, 0.15) is 6.17 Å². The molecule has 2 aliphatic rings. The number of carboxylic acid groups (broad SMARTS) is 1. The molecule has 1 aromatic carbocycles. The van der Waals surface area contributed by atoms with Gasteiger partial charge in [-0.05, 0) is 40.8 Å². The Hall–Kier alpha value is -1.58. The molecule has 120 valence electrons. The van der Waals surface area contributed by atoms with Crippen LogP contribution < -0.4 is 0 Å². The van der Waals surface area contributed by atoms with E-state index in [1.165, 1.54) is 6.07 Å². The van der Waals surface area contributed by atoms with Crippen LogP contribution in [-0.4, -0.2) is 17.2 Å². The number of allylic oxidation sites excluding steroid dienone is 5. The van der Waals surface area contributed by atoms with Crippen molar-refractivity contribution < 1.29 is 14.3 Å². The number of hydrogen-bond donors (Lipinski definition) is 1. The Bertz CT molecular complexity index is 765. The minimum Gasteiger partial charge on any atom is -0.478 e. The highest BCUT2D eigenvalue weighted by molar-refractivity contribution is 6.32. The summed E-state index contributed by atoms with van der Waals surface area (Å²) in [5.41, 5.74) is 2.31. The third-order valence-electron chi connectivity index (χ3n) is 4.47. The molecule has 0 aromatic heterocycles. The van der Waals surface area contributed by atoms with Crippen LogP contribution >= 0.6 is 23.2 Å². The van der Waals surface area contributed by atoms with Gasteiger partial charge in [0.05, 0.1) is 5.56 Å². The molecule has 0 saturated carbocycles. The molecule has 0 spiro atoms. The van der Waals surface area contributed by atoms with E-state index < -0.39 is 12.1 Å². The lowest BCUT2D eigenvalue weighted by Crippen LogP contribution is -2.23. The molecule has 3 rings (SSSR count). The van der Waals surface area contributed by atoms with E-state index in [0.717, 1.165) is 11.1 Å². The van der Waals surface area contributed by atoms with E-state index in [4.69, 9.17) is 28.3 Å². The van der Waals surface area contributed by atoms with Crippen LogP contribution in [0, 0.1) is 5.92 Å². The zero-order valence-corrected chi connectivity index (χ0v) is 13.9. The van der Waals surface area contributed by atoms with Gasteiger partial charge in [-0.25, -0.2) is 9.18 Å². The topological polar surface area (TPSA) is 37.3 Å². The van der Waals surface area contributed by atoms with Gasteiger partial charge in [0.25, 0.3) is 0 Å². The highest BCUT2D eigenvalue weighted by Crippen LogP contribution is 2.45. The van der Waals surface area contributed by atoms with Crippen molar-refractivity contribution in [3.63, 3.8) is 0 Å². The van der Waals surface area contributed by atoms with Gasteiger partial charge in [-0.1, -0.05) is 48.4 Å². The number of hydrogen-bond acceptors (Lipinski definition) is 1. The molecule has 0 fully saturated rings. The fourth-order valence-electron chi connectivity index (χ4n) is 3.34. The SMILES string of the molecule is CC1c2c(Cl)cc(C(=O)O)cc2C=CC1C1=C(Cl)C=CCC1F. The summed E-state index contributed by atoms with van der Waals surface area (Å²) in [5, 5.41) is 9.96. The molecule has 3 atom stereocenters. The number of benzene rings is 1. The van der Waals surface area contributed by atoms with E-state index in [0.29, 0.717) is 22.0 Å². The summed E-state index contributed by atoms with van der Waals surface area (Å²) in [6.45, 7) is 1.96. The second kappa shape index (κ2) is 6.14. The third kappa shape index (κ3) is 2.84. The maximum Gasteiger partial charge on any atom is 0.335 e. The van der Waals surface area contributed by atoms with Gasteiger partial charge >= 0.3 is 5.97 Å². The first-order chi connectivity index (χ1) is 10.9. The van der Waals surface area contributed by atoms with Crippen molar-refractivity contribution in [2.75, 3.05) is 0 Å². The number of fused-ring (bicyclic) bond motifs is 1. The normalized spacial score (nSPS) is 26.3. The van der Waals surface area contributed by atoms with Gasteiger partial charge in [-0.3, -0.25) is 0 Å². The molecular weight excluding hydrogens is 338 g/mol. The zero-order valence-electron chi connectivity index (χ0n) is 12.4. The summed E-state index contributed by atoms with van der Waals surface area (Å²) in [6.07, 6.45) is 6.37. The Morgan fingerprint density at radius 1 is 1.30 bits per heavy atom. The summed E-state index contributed by atoms with van der Waals surface area (Å²) in [7, 11) is 0. The van der Waals surface area contributed by atoms with Crippen molar-refractivity contribution in [3.8, 4) is 0 Å². The molecule has 2 aliphatic carbocycles. The fraction of sp³-hybridized carbons (Fsp3) is 0.278. The summed E-state index contributed by atoms with van der Waals surface area (Å²) >= 11 is 12.5. The van der Waals surface area contributed by atoms with Crippen molar-refractivity contribution in [2.24, 2.45) is 5.92 Å². The van der Waals surface area contributed by atoms with Crippen LogP contribution in [0.2, 0.25) is 5.02 Å². The third-order valence-corrected chi connectivity index (χ3v) is 5.12. The Morgan fingerprint density at radius 2 is 2.04 bits per heavy atom. The molecule has 23 heavy (non-hydrogen) atoms. The van der Waals surface area contributed by atoms with E-state index >= 15 is 0 Å². The second-order valence-electron chi connectivity index (χ2n) is 5.85. The summed E-state index contributed by atoms with van der Waals surface area (Å²) in [5.74, 6) is -1.30. The molecule has 2 nitrogen and oxygen atoms in total. The highest BCUT2D eigenvalue weighted by atomic mass is 35.5. The zero-order chi connectivity index (χ0) is 16.7. The van der Waals surface area contributed by atoms with Crippen LogP contribution in [0.5, 0.6) is 0 Å². The van der Waals surface area contributed by atoms with Crippen LogP contribution in [-0.2, 0) is 0 Å². The number of alkyl halides is 1. The van der Waals surface area contributed by atoms with Gasteiger partial charge in [-0.15, -0.1) is 0 Å². The van der Waals surface area contributed by atoms with Crippen molar-refractivity contribution in [1.29, 1.82) is 0 Å². The van der Waals surface area contributed by atoms with E-state index in [2.05, 4.69) is 0 Å². The molecule has 0 radical (unpaired) electrons. The Kier molecular flexibility index (Phi) is 4.35. The van der Waals surface area contributed by atoms with Gasteiger partial charge in [0, 0.05) is 22.4 Å². The predicted molar refractivity (Wildman–Crippen MR) is 90.9 cm³/mol. The minimum atomic E-state index is -1.11. The lowest BCUT2D eigenvalue weighted by molar-refractivity contribution is 0.0697. The van der Waals surface area contributed by atoms with Crippen molar-refractivity contribution in [1.82, 2.24) is 0 Å². The van der Waals surface area contributed by atoms with E-state index in [9.17, 15) is 9.18 Å². The van der Waals surface area contributed by atoms with Crippen LogP contribution in [0.25, 0.3) is 6.08 Å². The maximum atomic E-state index is 14.4. The van der Waals surface area contributed by atoms with Crippen LogP contribution in [0.15, 0.2) is 41.0 Å². The molecule has 0 heterocycles. The predicted octanol–water partition coefficient (Wildman–Crippen LogP) is 5.58. The van der Waals surface area contributed by atoms with Crippen molar-refractivity contribution in [2.45, 2.75) is 25.4 Å². The highest BCUT2D eigenvalue weighted by Gasteiger charge is 2.33.